The second-order valence-electron chi connectivity index (χ2n) is 4.07. The van der Waals surface area contributed by atoms with Crippen molar-refractivity contribution in [1.29, 1.82) is 0 Å². The predicted molar refractivity (Wildman–Crippen MR) is 78.2 cm³/mol. The van der Waals surface area contributed by atoms with Gasteiger partial charge in [0.15, 0.2) is 9.84 Å². The molecule has 20 heavy (non-hydrogen) atoms. The third-order valence-electron chi connectivity index (χ3n) is 2.56. The Bertz CT molecular complexity index is 628. The van der Waals surface area contributed by atoms with Gasteiger partial charge < -0.3 is 5.32 Å². The fraction of sp³-hybridized carbons (Fsp3) is 0.455. The highest BCUT2D eigenvalue weighted by Crippen LogP contribution is 2.27. The molecule has 0 bridgehead atoms. The summed E-state index contributed by atoms with van der Waals surface area (Å²) in [4.78, 5) is 10.2. The van der Waals surface area contributed by atoms with E-state index < -0.39 is 25.6 Å². The van der Waals surface area contributed by atoms with E-state index in [1.807, 2.05) is 0 Å². The monoisotopic (exact) mass is 320 g/mol. The highest BCUT2D eigenvalue weighted by Gasteiger charge is 2.18. The minimum absolute atomic E-state index is 0.105. The van der Waals surface area contributed by atoms with Gasteiger partial charge >= 0.3 is 0 Å². The van der Waals surface area contributed by atoms with Crippen molar-refractivity contribution >= 4 is 32.0 Å². The first-order valence-electron chi connectivity index (χ1n) is 5.83. The Hall–Kier alpha value is -1.48. The summed E-state index contributed by atoms with van der Waals surface area (Å²) >= 11 is 0. The van der Waals surface area contributed by atoms with Crippen LogP contribution in [0, 0.1) is 10.1 Å². The summed E-state index contributed by atoms with van der Waals surface area (Å²) in [6.07, 6.45) is 0.990. The van der Waals surface area contributed by atoms with Crippen LogP contribution in [-0.2, 0) is 20.6 Å². The van der Waals surface area contributed by atoms with Gasteiger partial charge in [0.1, 0.15) is 5.69 Å². The minimum Gasteiger partial charge on any atom is -0.379 e. The van der Waals surface area contributed by atoms with Crippen LogP contribution in [-0.4, -0.2) is 41.9 Å². The Balaban J connectivity index is 2.97. The second-order valence-corrected chi connectivity index (χ2v) is 7.95. The van der Waals surface area contributed by atoms with Crippen LogP contribution in [0.25, 0.3) is 0 Å². The van der Waals surface area contributed by atoms with Gasteiger partial charge in [0.05, 0.1) is 9.82 Å². The molecule has 0 aliphatic carbocycles. The largest absolute Gasteiger partial charge is 0.379 e. The van der Waals surface area contributed by atoms with E-state index in [2.05, 4.69) is 5.32 Å². The number of anilines is 1. The van der Waals surface area contributed by atoms with Gasteiger partial charge in [-0.25, -0.2) is 8.42 Å². The van der Waals surface area contributed by atoms with Gasteiger partial charge in [-0.3, -0.25) is 14.3 Å². The van der Waals surface area contributed by atoms with Crippen molar-refractivity contribution in [2.45, 2.75) is 11.8 Å². The molecule has 0 amide bonds. The van der Waals surface area contributed by atoms with Crippen LogP contribution in [0.15, 0.2) is 23.1 Å². The number of nitro groups is 1. The maximum atomic E-state index is 11.4. The van der Waals surface area contributed by atoms with Crippen molar-refractivity contribution in [2.75, 3.05) is 29.6 Å². The summed E-state index contributed by atoms with van der Waals surface area (Å²) in [5, 5.41) is 13.8. The first-order chi connectivity index (χ1) is 9.25. The standard InChI is InChI=1S/C11H16N2O5S2/c1-3-19(16)7-6-12-10-5-4-9(20(2,17)18)8-11(10)13(14)15/h4-5,8,12H,3,6-7H2,1-2H3. The lowest BCUT2D eigenvalue weighted by atomic mass is 10.2. The number of nitrogens with one attached hydrogen (secondary N) is 1. The number of rotatable bonds is 7. The lowest BCUT2D eigenvalue weighted by molar-refractivity contribution is -0.384. The molecule has 9 heteroatoms. The Labute approximate surface area is 119 Å². The van der Waals surface area contributed by atoms with Gasteiger partial charge in [-0.05, 0) is 12.1 Å². The molecule has 0 saturated carbocycles. The fourth-order valence-corrected chi connectivity index (χ4v) is 2.75. The van der Waals surface area contributed by atoms with Gasteiger partial charge in [-0.1, -0.05) is 6.92 Å². The van der Waals surface area contributed by atoms with Crippen LogP contribution in [0.4, 0.5) is 11.4 Å². The van der Waals surface area contributed by atoms with Gasteiger partial charge in [0, 0.05) is 41.2 Å². The van der Waals surface area contributed by atoms with E-state index in [1.165, 1.54) is 12.1 Å². The summed E-state index contributed by atoms with van der Waals surface area (Å²) < 4.78 is 34.0. The molecule has 112 valence electrons. The number of sulfone groups is 1. The topological polar surface area (TPSA) is 106 Å². The van der Waals surface area contributed by atoms with Gasteiger partial charge in [-0.15, -0.1) is 0 Å². The van der Waals surface area contributed by atoms with Crippen LogP contribution in [0.2, 0.25) is 0 Å². The van der Waals surface area contributed by atoms with Crippen molar-refractivity contribution in [2.24, 2.45) is 0 Å². The third-order valence-corrected chi connectivity index (χ3v) is 4.97. The van der Waals surface area contributed by atoms with E-state index in [9.17, 15) is 22.7 Å². The lowest BCUT2D eigenvalue weighted by Crippen LogP contribution is -2.13. The van der Waals surface area contributed by atoms with Crippen molar-refractivity contribution in [3.8, 4) is 0 Å². The highest BCUT2D eigenvalue weighted by molar-refractivity contribution is 7.90. The summed E-state index contributed by atoms with van der Waals surface area (Å²) in [7, 11) is -4.46. The number of nitrogens with zero attached hydrogens (tertiary/aromatic N) is 1. The van der Waals surface area contributed by atoms with Gasteiger partial charge in [-0.2, -0.15) is 0 Å². The third kappa shape index (κ3) is 4.57. The maximum absolute atomic E-state index is 11.4. The summed E-state index contributed by atoms with van der Waals surface area (Å²) in [5.41, 5.74) is -0.0919. The smallest absolute Gasteiger partial charge is 0.293 e. The molecule has 7 nitrogen and oxygen atoms in total. The molecule has 0 fully saturated rings. The van der Waals surface area contributed by atoms with Crippen molar-refractivity contribution in [3.05, 3.63) is 28.3 Å². The average molecular weight is 320 g/mol. The van der Waals surface area contributed by atoms with Crippen LogP contribution in [0.3, 0.4) is 0 Å². The molecule has 1 rings (SSSR count). The Kier molecular flexibility index (Phi) is 5.63. The Morgan fingerprint density at radius 2 is 2.05 bits per heavy atom. The first-order valence-corrected chi connectivity index (χ1v) is 9.21. The highest BCUT2D eigenvalue weighted by atomic mass is 32.2. The van der Waals surface area contributed by atoms with Crippen molar-refractivity contribution < 1.29 is 17.6 Å². The van der Waals surface area contributed by atoms with E-state index in [0.29, 0.717) is 18.1 Å². The molecule has 0 aromatic heterocycles. The fourth-order valence-electron chi connectivity index (χ4n) is 1.49. The van der Waals surface area contributed by atoms with Crippen molar-refractivity contribution in [1.82, 2.24) is 0 Å². The van der Waals surface area contributed by atoms with E-state index in [-0.39, 0.29) is 16.3 Å². The van der Waals surface area contributed by atoms with E-state index in [1.54, 1.807) is 6.92 Å². The van der Waals surface area contributed by atoms with Crippen LogP contribution in [0.1, 0.15) is 6.92 Å². The molecule has 0 radical (unpaired) electrons. The number of nitro benzene ring substituents is 1. The lowest BCUT2D eigenvalue weighted by Gasteiger charge is -2.07. The quantitative estimate of drug-likeness (QED) is 0.597. The molecule has 0 heterocycles. The van der Waals surface area contributed by atoms with Gasteiger partial charge in [0.25, 0.3) is 5.69 Å². The average Bonchev–Trinajstić information content (AvgIpc) is 2.37. The summed E-state index contributed by atoms with van der Waals surface area (Å²) in [6, 6.07) is 3.68. The van der Waals surface area contributed by atoms with Gasteiger partial charge in [0.2, 0.25) is 0 Å². The molecule has 1 aromatic rings. The molecule has 0 spiro atoms. The SMILES string of the molecule is CCS(=O)CCNc1ccc(S(C)(=O)=O)cc1[N+](=O)[O-]. The molecule has 0 aliphatic rings. The predicted octanol–water partition coefficient (Wildman–Crippen LogP) is 1.18. The van der Waals surface area contributed by atoms with E-state index in [4.69, 9.17) is 0 Å². The molecular weight excluding hydrogens is 304 g/mol. The summed E-state index contributed by atoms with van der Waals surface area (Å²) in [6.45, 7) is 2.11. The zero-order valence-electron chi connectivity index (χ0n) is 11.2. The van der Waals surface area contributed by atoms with E-state index in [0.717, 1.165) is 12.3 Å². The number of hydrogen-bond donors (Lipinski definition) is 1. The first kappa shape index (κ1) is 16.6. The molecule has 1 atom stereocenters. The van der Waals surface area contributed by atoms with E-state index >= 15 is 0 Å². The van der Waals surface area contributed by atoms with Crippen LogP contribution >= 0.6 is 0 Å². The number of benzene rings is 1. The molecule has 1 aromatic carbocycles. The molecule has 0 saturated heterocycles. The maximum Gasteiger partial charge on any atom is 0.293 e. The summed E-state index contributed by atoms with van der Waals surface area (Å²) in [5.74, 6) is 0.901. The molecule has 0 aliphatic heterocycles. The Morgan fingerprint density at radius 3 is 2.55 bits per heavy atom. The second kappa shape index (κ2) is 6.80. The zero-order valence-corrected chi connectivity index (χ0v) is 12.8. The van der Waals surface area contributed by atoms with Crippen molar-refractivity contribution in [3.63, 3.8) is 0 Å². The molecule has 1 N–H and O–H groups in total. The molecule has 1 unspecified atom stereocenters. The molecular formula is C11H16N2O5S2. The zero-order chi connectivity index (χ0) is 15.3. The minimum atomic E-state index is -3.49. The van der Waals surface area contributed by atoms with Crippen LogP contribution in [0.5, 0.6) is 0 Å². The van der Waals surface area contributed by atoms with Crippen LogP contribution < -0.4 is 5.32 Å². The Morgan fingerprint density at radius 1 is 1.40 bits per heavy atom. The number of hydrogen-bond acceptors (Lipinski definition) is 6. The normalized spacial score (nSPS) is 12.9.